The maximum absolute atomic E-state index is 5.78. The second-order valence-electron chi connectivity index (χ2n) is 4.24. The van der Waals surface area contributed by atoms with Crippen LogP contribution in [0, 0.1) is 0 Å². The second kappa shape index (κ2) is 4.75. The molecule has 1 heterocycles. The molecule has 0 spiro atoms. The highest BCUT2D eigenvalue weighted by Gasteiger charge is 2.36. The summed E-state index contributed by atoms with van der Waals surface area (Å²) in [5.41, 5.74) is 5.72. The van der Waals surface area contributed by atoms with Gasteiger partial charge < -0.3 is 20.5 Å². The Hall–Kier alpha value is -1.56. The molecular formula is C11H18N4O2. The van der Waals surface area contributed by atoms with Gasteiger partial charge in [-0.3, -0.25) is 0 Å². The lowest BCUT2D eigenvalue weighted by atomic mass is 9.77. The third-order valence-electron chi connectivity index (χ3n) is 3.18. The van der Waals surface area contributed by atoms with Crippen LogP contribution in [-0.4, -0.2) is 36.3 Å². The molecule has 0 amide bonds. The van der Waals surface area contributed by atoms with E-state index in [9.17, 15) is 0 Å². The first-order valence-corrected chi connectivity index (χ1v) is 5.67. The van der Waals surface area contributed by atoms with Gasteiger partial charge in [0.25, 0.3) is 0 Å². The molecule has 6 heteroatoms. The minimum Gasteiger partial charge on any atom is -0.481 e. The summed E-state index contributed by atoms with van der Waals surface area (Å²) >= 11 is 0. The molecule has 2 rings (SSSR count). The minimum absolute atomic E-state index is 0.0582. The maximum atomic E-state index is 5.78. The van der Waals surface area contributed by atoms with Crippen molar-refractivity contribution in [2.45, 2.75) is 24.8 Å². The summed E-state index contributed by atoms with van der Waals surface area (Å²) in [7, 11) is 3.13. The predicted octanol–water partition coefficient (Wildman–Crippen LogP) is 0.787. The molecule has 1 saturated carbocycles. The summed E-state index contributed by atoms with van der Waals surface area (Å²) in [6.07, 6.45) is 3.28. The fourth-order valence-electron chi connectivity index (χ4n) is 1.89. The van der Waals surface area contributed by atoms with E-state index < -0.39 is 0 Å². The molecule has 1 aliphatic rings. The molecule has 1 aromatic rings. The fourth-order valence-corrected chi connectivity index (χ4v) is 1.89. The Labute approximate surface area is 101 Å². The van der Waals surface area contributed by atoms with Gasteiger partial charge in [0.2, 0.25) is 17.7 Å². The summed E-state index contributed by atoms with van der Waals surface area (Å²) < 4.78 is 10.2. The Morgan fingerprint density at radius 2 is 1.88 bits per heavy atom. The standard InChI is InChI=1S/C11H18N4O2/c1-16-8-6-9(17-2)14-10(13-8)15-11(7-12)4-3-5-11/h6H,3-5,7,12H2,1-2H3,(H,13,14,15). The molecular weight excluding hydrogens is 220 g/mol. The van der Waals surface area contributed by atoms with Crippen LogP contribution < -0.4 is 20.5 Å². The third kappa shape index (κ3) is 2.41. The highest BCUT2D eigenvalue weighted by atomic mass is 16.5. The Bertz CT molecular complexity index is 365. The zero-order valence-electron chi connectivity index (χ0n) is 10.2. The van der Waals surface area contributed by atoms with E-state index in [0.717, 1.165) is 12.8 Å². The third-order valence-corrected chi connectivity index (χ3v) is 3.18. The Morgan fingerprint density at radius 3 is 2.24 bits per heavy atom. The van der Waals surface area contributed by atoms with Gasteiger partial charge in [-0.25, -0.2) is 0 Å². The molecule has 0 aliphatic heterocycles. The van der Waals surface area contributed by atoms with E-state index in [0.29, 0.717) is 24.3 Å². The monoisotopic (exact) mass is 238 g/mol. The van der Waals surface area contributed by atoms with Gasteiger partial charge in [-0.1, -0.05) is 0 Å². The number of aromatic nitrogens is 2. The lowest BCUT2D eigenvalue weighted by Gasteiger charge is -2.41. The van der Waals surface area contributed by atoms with Crippen LogP contribution in [0.4, 0.5) is 5.95 Å². The zero-order chi connectivity index (χ0) is 12.3. The van der Waals surface area contributed by atoms with Gasteiger partial charge in [0, 0.05) is 6.54 Å². The van der Waals surface area contributed by atoms with Gasteiger partial charge in [0.15, 0.2) is 0 Å². The van der Waals surface area contributed by atoms with Crippen LogP contribution in [0.25, 0.3) is 0 Å². The number of anilines is 1. The second-order valence-corrected chi connectivity index (χ2v) is 4.24. The Kier molecular flexibility index (Phi) is 3.33. The predicted molar refractivity (Wildman–Crippen MR) is 64.4 cm³/mol. The molecule has 0 unspecified atom stereocenters. The van der Waals surface area contributed by atoms with Crippen molar-refractivity contribution < 1.29 is 9.47 Å². The van der Waals surface area contributed by atoms with Crippen LogP contribution in [0.1, 0.15) is 19.3 Å². The van der Waals surface area contributed by atoms with E-state index in [1.54, 1.807) is 20.3 Å². The van der Waals surface area contributed by atoms with Crippen molar-refractivity contribution in [2.75, 3.05) is 26.1 Å². The SMILES string of the molecule is COc1cc(OC)nc(NC2(CN)CCC2)n1. The summed E-state index contributed by atoms with van der Waals surface area (Å²) in [4.78, 5) is 8.47. The van der Waals surface area contributed by atoms with Crippen LogP contribution in [0.5, 0.6) is 11.8 Å². The van der Waals surface area contributed by atoms with E-state index in [1.807, 2.05) is 0 Å². The fraction of sp³-hybridized carbons (Fsp3) is 0.636. The van der Waals surface area contributed by atoms with E-state index in [2.05, 4.69) is 15.3 Å². The highest BCUT2D eigenvalue weighted by Crippen LogP contribution is 2.34. The van der Waals surface area contributed by atoms with Gasteiger partial charge in [0.05, 0.1) is 25.8 Å². The molecule has 6 nitrogen and oxygen atoms in total. The number of nitrogens with zero attached hydrogens (tertiary/aromatic N) is 2. The van der Waals surface area contributed by atoms with Gasteiger partial charge in [-0.2, -0.15) is 9.97 Å². The van der Waals surface area contributed by atoms with Gasteiger partial charge >= 0.3 is 0 Å². The van der Waals surface area contributed by atoms with Crippen molar-refractivity contribution in [3.8, 4) is 11.8 Å². The summed E-state index contributed by atoms with van der Waals surface area (Å²) in [6.45, 7) is 0.579. The number of nitrogens with two attached hydrogens (primary N) is 1. The summed E-state index contributed by atoms with van der Waals surface area (Å²) in [5, 5.41) is 3.28. The van der Waals surface area contributed by atoms with Gasteiger partial charge in [0.1, 0.15) is 0 Å². The van der Waals surface area contributed by atoms with Gasteiger partial charge in [-0.15, -0.1) is 0 Å². The quantitative estimate of drug-likeness (QED) is 0.789. The number of rotatable bonds is 5. The molecule has 0 aromatic carbocycles. The largest absolute Gasteiger partial charge is 0.481 e. The number of methoxy groups -OCH3 is 2. The topological polar surface area (TPSA) is 82.3 Å². The molecule has 94 valence electrons. The van der Waals surface area contributed by atoms with Crippen molar-refractivity contribution in [3.63, 3.8) is 0 Å². The average molecular weight is 238 g/mol. The van der Waals surface area contributed by atoms with E-state index in [1.165, 1.54) is 6.42 Å². The molecule has 1 aliphatic carbocycles. The molecule has 1 aromatic heterocycles. The first-order valence-electron chi connectivity index (χ1n) is 5.67. The molecule has 0 saturated heterocycles. The van der Waals surface area contributed by atoms with Crippen molar-refractivity contribution in [2.24, 2.45) is 5.73 Å². The minimum atomic E-state index is -0.0582. The van der Waals surface area contributed by atoms with Crippen LogP contribution in [0.15, 0.2) is 6.07 Å². The highest BCUT2D eigenvalue weighted by molar-refractivity contribution is 5.37. The molecule has 0 bridgehead atoms. The van der Waals surface area contributed by atoms with E-state index in [4.69, 9.17) is 15.2 Å². The van der Waals surface area contributed by atoms with E-state index in [-0.39, 0.29) is 5.54 Å². The first-order chi connectivity index (χ1) is 8.21. The molecule has 3 N–H and O–H groups in total. The molecule has 1 fully saturated rings. The Balaban J connectivity index is 2.19. The number of ether oxygens (including phenoxy) is 2. The smallest absolute Gasteiger partial charge is 0.229 e. The van der Waals surface area contributed by atoms with Crippen LogP contribution in [0.3, 0.4) is 0 Å². The van der Waals surface area contributed by atoms with Crippen LogP contribution in [-0.2, 0) is 0 Å². The molecule has 17 heavy (non-hydrogen) atoms. The number of hydrogen-bond acceptors (Lipinski definition) is 6. The van der Waals surface area contributed by atoms with Crippen molar-refractivity contribution >= 4 is 5.95 Å². The number of hydrogen-bond donors (Lipinski definition) is 2. The van der Waals surface area contributed by atoms with Crippen LogP contribution in [0.2, 0.25) is 0 Å². The van der Waals surface area contributed by atoms with Crippen LogP contribution >= 0.6 is 0 Å². The summed E-state index contributed by atoms with van der Waals surface area (Å²) in [6, 6.07) is 1.64. The van der Waals surface area contributed by atoms with Crippen molar-refractivity contribution in [3.05, 3.63) is 6.07 Å². The molecule has 0 atom stereocenters. The zero-order valence-corrected chi connectivity index (χ0v) is 10.2. The lowest BCUT2D eigenvalue weighted by Crippen LogP contribution is -2.51. The average Bonchev–Trinajstić information content (AvgIpc) is 2.33. The van der Waals surface area contributed by atoms with Crippen molar-refractivity contribution in [1.29, 1.82) is 0 Å². The van der Waals surface area contributed by atoms with Gasteiger partial charge in [-0.05, 0) is 19.3 Å². The number of nitrogens with one attached hydrogen (secondary N) is 1. The maximum Gasteiger partial charge on any atom is 0.229 e. The van der Waals surface area contributed by atoms with E-state index >= 15 is 0 Å². The normalized spacial score (nSPS) is 17.1. The first kappa shape index (κ1) is 11.9. The molecule has 0 radical (unpaired) electrons. The Morgan fingerprint density at radius 1 is 1.29 bits per heavy atom. The lowest BCUT2D eigenvalue weighted by molar-refractivity contribution is 0.284. The summed E-state index contributed by atoms with van der Waals surface area (Å²) in [5.74, 6) is 1.46. The van der Waals surface area contributed by atoms with Crippen molar-refractivity contribution in [1.82, 2.24) is 9.97 Å².